The first-order valence-electron chi connectivity index (χ1n) is 12.0. The fraction of sp³-hybridized carbons (Fsp3) is 0.385. The summed E-state index contributed by atoms with van der Waals surface area (Å²) in [5.41, 5.74) is 1.32. The Hall–Kier alpha value is -2.95. The normalized spacial score (nSPS) is 19.8. The van der Waals surface area contributed by atoms with Gasteiger partial charge in [-0.15, -0.1) is 11.3 Å². The molecule has 0 radical (unpaired) electrons. The van der Waals surface area contributed by atoms with Crippen LogP contribution < -0.4 is 15.4 Å². The maximum atomic E-state index is 13.5. The zero-order chi connectivity index (χ0) is 28.4. The minimum Gasteiger partial charge on any atom is -0.495 e. The number of alkyl halides is 3. The highest BCUT2D eigenvalue weighted by molar-refractivity contribution is 7.92. The molecule has 7 nitrogen and oxygen atoms in total. The molecule has 2 heterocycles. The molecule has 0 atom stereocenters. The molecule has 3 aromatic rings. The van der Waals surface area contributed by atoms with Crippen molar-refractivity contribution in [3.05, 3.63) is 46.8 Å². The fourth-order valence-corrected chi connectivity index (χ4v) is 7.69. The lowest BCUT2D eigenvalue weighted by molar-refractivity contribution is -0.126. The summed E-state index contributed by atoms with van der Waals surface area (Å²) in [6.45, 7) is 0.0911. The number of hydrogen-bond acceptors (Lipinski definition) is 8. The van der Waals surface area contributed by atoms with Gasteiger partial charge in [-0.3, -0.25) is 4.78 Å². The minimum atomic E-state index is -4.42. The van der Waals surface area contributed by atoms with E-state index in [4.69, 9.17) is 9.52 Å². The van der Waals surface area contributed by atoms with Crippen molar-refractivity contribution in [2.24, 2.45) is 0 Å². The lowest BCUT2D eigenvalue weighted by atomic mass is 10.1. The van der Waals surface area contributed by atoms with Crippen LogP contribution in [-0.4, -0.2) is 56.3 Å². The molecule has 1 aliphatic heterocycles. The minimum absolute atomic E-state index is 0.00788. The number of halogens is 3. The molecule has 210 valence electrons. The van der Waals surface area contributed by atoms with Gasteiger partial charge in [0.1, 0.15) is 5.75 Å². The fourth-order valence-electron chi connectivity index (χ4n) is 4.35. The topological polar surface area (TPSA) is 108 Å². The molecule has 2 aromatic carbocycles. The van der Waals surface area contributed by atoms with Gasteiger partial charge in [-0.1, -0.05) is 24.0 Å². The summed E-state index contributed by atoms with van der Waals surface area (Å²) in [7, 11) is -4.55. The Morgan fingerprint density at radius 3 is 2.54 bits per heavy atom. The summed E-state index contributed by atoms with van der Waals surface area (Å²) in [4.78, 5) is 0.416. The van der Waals surface area contributed by atoms with E-state index in [1.54, 1.807) is 18.2 Å². The number of fused-ring (bicyclic) bond motifs is 1. The van der Waals surface area contributed by atoms with Crippen molar-refractivity contribution in [3.8, 4) is 17.6 Å². The third-order valence-corrected chi connectivity index (χ3v) is 10.4. The van der Waals surface area contributed by atoms with Crippen LogP contribution in [0.15, 0.2) is 41.3 Å². The van der Waals surface area contributed by atoms with E-state index in [0.717, 1.165) is 6.26 Å². The van der Waals surface area contributed by atoms with Crippen LogP contribution in [0.3, 0.4) is 0 Å². The average Bonchev–Trinajstić information content (AvgIpc) is 3.19. The van der Waals surface area contributed by atoms with Crippen molar-refractivity contribution in [1.29, 1.82) is 4.78 Å². The highest BCUT2D eigenvalue weighted by Crippen LogP contribution is 2.39. The first-order valence-corrected chi connectivity index (χ1v) is 16.6. The lowest BCUT2D eigenvalue weighted by Gasteiger charge is -2.25. The number of nitrogens with one attached hydrogen (secondary N) is 3. The van der Waals surface area contributed by atoms with Gasteiger partial charge < -0.3 is 15.4 Å². The molecule has 0 spiro atoms. The zero-order valence-corrected chi connectivity index (χ0v) is 23.7. The molecule has 0 aliphatic carbocycles. The standard InChI is InChI=1S/C26H28F3N3O4S3/c1-36-23-15-18(38(2,33)34)8-9-21(23)31-12-4-7-24-20(16-26(27,28)29)19-5-3-6-22(25(19)37-24)32-17-10-13-39(30,35)14-11-17/h3,5-6,8-9,15,17,30-32H,10-14,16H2,1-2H3. The number of sulfone groups is 1. The number of benzene rings is 2. The second-order valence-corrected chi connectivity index (χ2v) is 14.8. The molecule has 13 heteroatoms. The van der Waals surface area contributed by atoms with Gasteiger partial charge in [0.05, 0.1) is 45.9 Å². The molecule has 39 heavy (non-hydrogen) atoms. The largest absolute Gasteiger partial charge is 0.495 e. The van der Waals surface area contributed by atoms with Crippen molar-refractivity contribution in [2.45, 2.75) is 36.4 Å². The Kier molecular flexibility index (Phi) is 8.39. The Morgan fingerprint density at radius 1 is 1.18 bits per heavy atom. The molecular weight excluding hydrogens is 571 g/mol. The van der Waals surface area contributed by atoms with Crippen LogP contribution in [0.2, 0.25) is 0 Å². The van der Waals surface area contributed by atoms with Crippen LogP contribution in [-0.2, 0) is 26.0 Å². The molecule has 0 amide bonds. The number of rotatable bonds is 7. The molecule has 1 fully saturated rings. The Labute approximate surface area is 230 Å². The summed E-state index contributed by atoms with van der Waals surface area (Å²) in [6, 6.07) is 9.55. The highest BCUT2D eigenvalue weighted by Gasteiger charge is 2.31. The van der Waals surface area contributed by atoms with Crippen molar-refractivity contribution in [3.63, 3.8) is 0 Å². The van der Waals surface area contributed by atoms with E-state index >= 15 is 0 Å². The van der Waals surface area contributed by atoms with Gasteiger partial charge in [0.2, 0.25) is 0 Å². The quantitative estimate of drug-likeness (QED) is 0.310. The Morgan fingerprint density at radius 2 is 1.90 bits per heavy atom. The Bertz CT molecular complexity index is 1640. The van der Waals surface area contributed by atoms with Crippen LogP contribution in [0, 0.1) is 16.6 Å². The van der Waals surface area contributed by atoms with Gasteiger partial charge in [-0.05, 0) is 42.0 Å². The van der Waals surface area contributed by atoms with E-state index in [2.05, 4.69) is 22.5 Å². The van der Waals surface area contributed by atoms with Gasteiger partial charge in [0, 0.05) is 39.6 Å². The molecule has 4 rings (SSSR count). The predicted molar refractivity (Wildman–Crippen MR) is 150 cm³/mol. The summed E-state index contributed by atoms with van der Waals surface area (Å²) in [5.74, 6) is 6.67. The third-order valence-electron chi connectivity index (χ3n) is 6.32. The smallest absolute Gasteiger partial charge is 0.393 e. The summed E-state index contributed by atoms with van der Waals surface area (Å²) in [5, 5.41) is 6.89. The van der Waals surface area contributed by atoms with Gasteiger partial charge in [0.15, 0.2) is 9.84 Å². The second-order valence-electron chi connectivity index (χ2n) is 9.31. The van der Waals surface area contributed by atoms with E-state index in [1.807, 2.05) is 6.07 Å². The molecule has 0 bridgehead atoms. The molecule has 1 aliphatic rings. The maximum absolute atomic E-state index is 13.5. The maximum Gasteiger partial charge on any atom is 0.393 e. The predicted octanol–water partition coefficient (Wildman–Crippen LogP) is 5.50. The number of thiophene rings is 1. The van der Waals surface area contributed by atoms with Gasteiger partial charge >= 0.3 is 6.18 Å². The third kappa shape index (κ3) is 7.38. The number of ether oxygens (including phenoxy) is 1. The van der Waals surface area contributed by atoms with E-state index in [1.165, 1.54) is 30.6 Å². The van der Waals surface area contributed by atoms with Crippen LogP contribution in [0.5, 0.6) is 5.75 Å². The number of methoxy groups -OCH3 is 1. The van der Waals surface area contributed by atoms with E-state index in [-0.39, 0.29) is 23.0 Å². The molecule has 1 saturated heterocycles. The first kappa shape index (κ1) is 29.0. The van der Waals surface area contributed by atoms with Crippen LogP contribution >= 0.6 is 11.3 Å². The lowest BCUT2D eigenvalue weighted by Crippen LogP contribution is -2.31. The molecule has 3 N–H and O–H groups in total. The monoisotopic (exact) mass is 599 g/mol. The van der Waals surface area contributed by atoms with Crippen molar-refractivity contribution in [1.82, 2.24) is 0 Å². The average molecular weight is 600 g/mol. The van der Waals surface area contributed by atoms with Crippen molar-refractivity contribution in [2.75, 3.05) is 42.0 Å². The van der Waals surface area contributed by atoms with E-state index in [0.29, 0.717) is 56.4 Å². The molecular formula is C26H28F3N3O4S3. The Balaban J connectivity index is 1.60. The van der Waals surface area contributed by atoms with E-state index in [9.17, 15) is 25.8 Å². The molecule has 1 aromatic heterocycles. The summed E-state index contributed by atoms with van der Waals surface area (Å²) < 4.78 is 89.8. The zero-order valence-electron chi connectivity index (χ0n) is 21.3. The summed E-state index contributed by atoms with van der Waals surface area (Å²) >= 11 is 1.19. The van der Waals surface area contributed by atoms with Crippen LogP contribution in [0.4, 0.5) is 24.5 Å². The van der Waals surface area contributed by atoms with Crippen molar-refractivity contribution < 1.29 is 30.5 Å². The molecule has 0 saturated carbocycles. The number of anilines is 2. The van der Waals surface area contributed by atoms with Gasteiger partial charge in [-0.25, -0.2) is 12.6 Å². The van der Waals surface area contributed by atoms with Crippen LogP contribution in [0.25, 0.3) is 10.1 Å². The van der Waals surface area contributed by atoms with Gasteiger partial charge in [0.25, 0.3) is 0 Å². The number of hydrogen-bond donors (Lipinski definition) is 3. The van der Waals surface area contributed by atoms with Crippen LogP contribution in [0.1, 0.15) is 23.3 Å². The first-order chi connectivity index (χ1) is 18.3. The molecule has 0 unspecified atom stereocenters. The van der Waals surface area contributed by atoms with Gasteiger partial charge in [-0.2, -0.15) is 13.2 Å². The SMILES string of the molecule is COc1cc(S(C)(=O)=O)ccc1NCC#Cc1sc2c(NC3CCS(=N)(=O)CC3)cccc2c1CC(F)(F)F. The highest BCUT2D eigenvalue weighted by atomic mass is 32.2. The van der Waals surface area contributed by atoms with E-state index < -0.39 is 32.2 Å². The second kappa shape index (κ2) is 11.3. The van der Waals surface area contributed by atoms with Crippen molar-refractivity contribution >= 4 is 52.4 Å². The summed E-state index contributed by atoms with van der Waals surface area (Å²) in [6.07, 6.45) is -3.31.